The lowest BCUT2D eigenvalue weighted by Crippen LogP contribution is -1.97. The summed E-state index contributed by atoms with van der Waals surface area (Å²) in [5.74, 6) is 0.940. The summed E-state index contributed by atoms with van der Waals surface area (Å²) in [4.78, 5) is 9.47. The minimum absolute atomic E-state index is 0.940. The summed E-state index contributed by atoms with van der Waals surface area (Å²) >= 11 is 0. The molecule has 0 unspecified atom stereocenters. The van der Waals surface area contributed by atoms with Gasteiger partial charge in [-0.1, -0.05) is 103 Å². The van der Waals surface area contributed by atoms with Gasteiger partial charge in [-0.25, -0.2) is 4.98 Å². The molecule has 224 valence electrons. The molecule has 48 heavy (non-hydrogen) atoms. The molecule has 0 saturated heterocycles. The summed E-state index contributed by atoms with van der Waals surface area (Å²) in [6, 6.07) is 56.2. The Balaban J connectivity index is 1.18. The van der Waals surface area contributed by atoms with Crippen molar-refractivity contribution >= 4 is 43.6 Å². The Morgan fingerprint density at radius 2 is 1.00 bits per heavy atom. The number of imidazole rings is 1. The van der Waals surface area contributed by atoms with Gasteiger partial charge in [0.15, 0.2) is 0 Å². The maximum absolute atomic E-state index is 5.04. The predicted molar refractivity (Wildman–Crippen MR) is 198 cm³/mol. The molecule has 4 heteroatoms. The number of nitrogens with zero attached hydrogens (tertiary/aromatic N) is 4. The van der Waals surface area contributed by atoms with Crippen LogP contribution in [-0.4, -0.2) is 19.1 Å². The number of benzene rings is 7. The third kappa shape index (κ3) is 3.96. The molecule has 0 fully saturated rings. The van der Waals surface area contributed by atoms with E-state index in [0.29, 0.717) is 0 Å². The van der Waals surface area contributed by atoms with E-state index >= 15 is 0 Å². The van der Waals surface area contributed by atoms with Gasteiger partial charge < -0.3 is 4.57 Å². The fraction of sp³-hybridized carbons (Fsp3) is 0. The standard InChI is InChI=1S/C44H28N4/c1-3-10-30(11-4-1)44-46-38-15-7-8-16-39(38)48(44)33-19-17-29(18-20-33)34-23-25-40-42-36(34)21-22-37-35(31-12-9-27-45-28-31)24-26-41(43(37)42)47(40)32-13-5-2-6-14-32/h1-28H. The summed E-state index contributed by atoms with van der Waals surface area (Å²) in [7, 11) is 0. The topological polar surface area (TPSA) is 35.6 Å². The van der Waals surface area contributed by atoms with Crippen LogP contribution in [0.25, 0.3) is 88.6 Å². The Hall–Kier alpha value is -6.52. The van der Waals surface area contributed by atoms with E-state index < -0.39 is 0 Å². The Labute approximate surface area is 277 Å². The quantitative estimate of drug-likeness (QED) is 0.181. The first-order valence-electron chi connectivity index (χ1n) is 16.3. The number of pyridine rings is 1. The van der Waals surface area contributed by atoms with Crippen LogP contribution in [0.15, 0.2) is 170 Å². The van der Waals surface area contributed by atoms with Crippen molar-refractivity contribution in [3.8, 4) is 45.0 Å². The van der Waals surface area contributed by atoms with Gasteiger partial charge in [0.1, 0.15) is 5.82 Å². The molecular formula is C44H28N4. The number of para-hydroxylation sites is 3. The summed E-state index contributed by atoms with van der Waals surface area (Å²) in [5.41, 5.74) is 12.5. The maximum Gasteiger partial charge on any atom is 0.145 e. The SMILES string of the molecule is c1ccc(-c2nc3ccccc3n2-c2ccc(-c3ccc4c5c3ccc3c(-c6cccnc6)ccc(c35)n4-c3ccccc3)cc2)cc1. The van der Waals surface area contributed by atoms with Crippen molar-refractivity contribution in [1.82, 2.24) is 19.1 Å². The van der Waals surface area contributed by atoms with Gasteiger partial charge in [0.2, 0.25) is 0 Å². The molecule has 0 aliphatic heterocycles. The zero-order valence-electron chi connectivity index (χ0n) is 26.0. The van der Waals surface area contributed by atoms with E-state index in [1.54, 1.807) is 0 Å². The molecule has 0 bridgehead atoms. The molecule has 0 saturated carbocycles. The van der Waals surface area contributed by atoms with E-state index in [9.17, 15) is 0 Å². The average Bonchev–Trinajstić information content (AvgIpc) is 3.72. The van der Waals surface area contributed by atoms with Crippen molar-refractivity contribution in [2.45, 2.75) is 0 Å². The Morgan fingerprint density at radius 3 is 1.69 bits per heavy atom. The normalized spacial score (nSPS) is 11.8. The smallest absolute Gasteiger partial charge is 0.145 e. The largest absolute Gasteiger partial charge is 0.309 e. The van der Waals surface area contributed by atoms with Crippen LogP contribution in [0.2, 0.25) is 0 Å². The third-order valence-electron chi connectivity index (χ3n) is 9.61. The lowest BCUT2D eigenvalue weighted by Gasteiger charge is -2.13. The van der Waals surface area contributed by atoms with Crippen molar-refractivity contribution in [3.63, 3.8) is 0 Å². The lowest BCUT2D eigenvalue weighted by molar-refractivity contribution is 1.10. The third-order valence-corrected chi connectivity index (χ3v) is 9.61. The molecule has 0 N–H and O–H groups in total. The number of fused-ring (bicyclic) bond motifs is 1. The number of aromatic nitrogens is 4. The van der Waals surface area contributed by atoms with Gasteiger partial charge in [0, 0.05) is 45.7 Å². The van der Waals surface area contributed by atoms with Gasteiger partial charge in [0.25, 0.3) is 0 Å². The van der Waals surface area contributed by atoms with Gasteiger partial charge >= 0.3 is 0 Å². The van der Waals surface area contributed by atoms with Gasteiger partial charge in [0.05, 0.1) is 22.1 Å². The number of hydrogen-bond acceptors (Lipinski definition) is 2. The van der Waals surface area contributed by atoms with Crippen molar-refractivity contribution < 1.29 is 0 Å². The van der Waals surface area contributed by atoms with Crippen LogP contribution in [0, 0.1) is 0 Å². The molecule has 10 aromatic rings. The monoisotopic (exact) mass is 612 g/mol. The zero-order chi connectivity index (χ0) is 31.6. The van der Waals surface area contributed by atoms with Crippen LogP contribution in [0.4, 0.5) is 0 Å². The fourth-order valence-corrected chi connectivity index (χ4v) is 7.50. The summed E-state index contributed by atoms with van der Waals surface area (Å²) < 4.78 is 4.67. The van der Waals surface area contributed by atoms with Crippen molar-refractivity contribution in [1.29, 1.82) is 0 Å². The second kappa shape index (κ2) is 10.5. The first kappa shape index (κ1) is 26.7. The number of rotatable bonds is 5. The molecule has 3 heterocycles. The summed E-state index contributed by atoms with van der Waals surface area (Å²) in [6.45, 7) is 0. The highest BCUT2D eigenvalue weighted by Gasteiger charge is 2.21. The molecule has 4 nitrogen and oxygen atoms in total. The van der Waals surface area contributed by atoms with Crippen molar-refractivity contribution in [3.05, 3.63) is 170 Å². The Morgan fingerprint density at radius 1 is 0.396 bits per heavy atom. The van der Waals surface area contributed by atoms with E-state index in [4.69, 9.17) is 4.98 Å². The summed E-state index contributed by atoms with van der Waals surface area (Å²) in [5, 5.41) is 5.05. The highest BCUT2D eigenvalue weighted by Crippen LogP contribution is 2.45. The van der Waals surface area contributed by atoms with E-state index in [0.717, 1.165) is 39.4 Å². The van der Waals surface area contributed by atoms with Crippen LogP contribution in [0.3, 0.4) is 0 Å². The maximum atomic E-state index is 5.04. The minimum atomic E-state index is 0.940. The predicted octanol–water partition coefficient (Wildman–Crippen LogP) is 11.1. The second-order valence-electron chi connectivity index (χ2n) is 12.3. The van der Waals surface area contributed by atoms with Gasteiger partial charge in [-0.05, 0) is 82.1 Å². The molecule has 0 amide bonds. The highest BCUT2D eigenvalue weighted by atomic mass is 15.1. The Bertz CT molecular complexity index is 2740. The fourth-order valence-electron chi connectivity index (χ4n) is 7.50. The van der Waals surface area contributed by atoms with E-state index in [2.05, 4.69) is 154 Å². The molecule has 10 rings (SSSR count). The lowest BCUT2D eigenvalue weighted by atomic mass is 9.92. The van der Waals surface area contributed by atoms with Crippen molar-refractivity contribution in [2.75, 3.05) is 0 Å². The van der Waals surface area contributed by atoms with Crippen LogP contribution in [0.1, 0.15) is 0 Å². The van der Waals surface area contributed by atoms with Gasteiger partial charge in [-0.2, -0.15) is 0 Å². The highest BCUT2D eigenvalue weighted by molar-refractivity contribution is 6.28. The second-order valence-corrected chi connectivity index (χ2v) is 12.3. The van der Waals surface area contributed by atoms with Gasteiger partial charge in [-0.3, -0.25) is 9.55 Å². The van der Waals surface area contributed by atoms with Gasteiger partial charge in [-0.15, -0.1) is 0 Å². The van der Waals surface area contributed by atoms with Crippen LogP contribution >= 0.6 is 0 Å². The van der Waals surface area contributed by atoms with Crippen LogP contribution in [0.5, 0.6) is 0 Å². The van der Waals surface area contributed by atoms with Crippen LogP contribution < -0.4 is 0 Å². The van der Waals surface area contributed by atoms with E-state index in [1.807, 2.05) is 30.6 Å². The first-order chi connectivity index (χ1) is 23.8. The van der Waals surface area contributed by atoms with Crippen molar-refractivity contribution in [2.24, 2.45) is 0 Å². The molecule has 0 aliphatic rings. The average molecular weight is 613 g/mol. The Kier molecular flexibility index (Phi) is 5.84. The van der Waals surface area contributed by atoms with Crippen LogP contribution in [-0.2, 0) is 0 Å². The molecule has 7 aromatic carbocycles. The molecule has 0 radical (unpaired) electrons. The molecule has 3 aromatic heterocycles. The summed E-state index contributed by atoms with van der Waals surface area (Å²) in [6.07, 6.45) is 3.79. The molecule has 0 aliphatic carbocycles. The minimum Gasteiger partial charge on any atom is -0.309 e. The molecule has 0 spiro atoms. The zero-order valence-corrected chi connectivity index (χ0v) is 26.0. The molecular weight excluding hydrogens is 585 g/mol. The first-order valence-corrected chi connectivity index (χ1v) is 16.3. The molecule has 0 atom stereocenters. The van der Waals surface area contributed by atoms with E-state index in [-0.39, 0.29) is 0 Å². The number of hydrogen-bond donors (Lipinski definition) is 0. The van der Waals surface area contributed by atoms with E-state index in [1.165, 1.54) is 49.3 Å².